The van der Waals surface area contributed by atoms with Crippen molar-refractivity contribution in [1.82, 2.24) is 9.62 Å². The van der Waals surface area contributed by atoms with Gasteiger partial charge in [-0.25, -0.2) is 0 Å². The molecule has 162 valence electrons. The number of piperidine rings is 1. The van der Waals surface area contributed by atoms with Crippen molar-refractivity contribution in [3.05, 3.63) is 35.4 Å². The molecule has 2 heterocycles. The highest BCUT2D eigenvalue weighted by molar-refractivity contribution is 6.05. The molecule has 2 fully saturated rings. The minimum absolute atomic E-state index is 0.0675. The van der Waals surface area contributed by atoms with Gasteiger partial charge in [-0.05, 0) is 69.2 Å². The Morgan fingerprint density at radius 1 is 0.933 bits per heavy atom. The molecule has 3 aliphatic rings. The minimum atomic E-state index is -0.191. The van der Waals surface area contributed by atoms with Crippen molar-refractivity contribution >= 4 is 16.0 Å². The van der Waals surface area contributed by atoms with E-state index in [1.165, 1.54) is 43.2 Å². The van der Waals surface area contributed by atoms with E-state index < -0.39 is 0 Å². The molecule has 4 unspecified atom stereocenters. The maximum atomic E-state index is 6.16. The third-order valence-corrected chi connectivity index (χ3v) is 7.82. The van der Waals surface area contributed by atoms with Crippen molar-refractivity contribution in [2.24, 2.45) is 11.8 Å². The van der Waals surface area contributed by atoms with Crippen molar-refractivity contribution < 1.29 is 9.47 Å². The molecule has 4 atom stereocenters. The SMILES string of the molecule is [B]N1CCC2CCCCC2C1(C)COC.[B]N1CCc2ccccc2C1(C)COC. The lowest BCUT2D eigenvalue weighted by molar-refractivity contribution is -0.0411. The standard InChI is InChI=1S/C12H22BNO.C12H16BNO/c2*1-12(9-15-2)11-6-4-3-5-10(11)7-8-14(12)13/h10-11H,3-9H2,1-2H3;3-6H,7-9H2,1-2H3. The fourth-order valence-electron chi connectivity index (χ4n) is 5.98. The number of fused-ring (bicyclic) bond motifs is 2. The van der Waals surface area contributed by atoms with Gasteiger partial charge in [0.2, 0.25) is 0 Å². The van der Waals surface area contributed by atoms with Crippen LogP contribution in [0.4, 0.5) is 0 Å². The van der Waals surface area contributed by atoms with Gasteiger partial charge in [0.05, 0.1) is 18.8 Å². The fraction of sp³-hybridized carbons (Fsp3) is 0.750. The molecule has 4 rings (SSSR count). The first-order valence-electron chi connectivity index (χ1n) is 11.5. The smallest absolute Gasteiger partial charge is 0.183 e. The molecule has 1 aromatic rings. The van der Waals surface area contributed by atoms with E-state index in [9.17, 15) is 0 Å². The Morgan fingerprint density at radius 2 is 1.63 bits per heavy atom. The second-order valence-electron chi connectivity index (χ2n) is 9.73. The average molecular weight is 408 g/mol. The molecule has 0 bridgehead atoms. The second-order valence-corrected chi connectivity index (χ2v) is 9.73. The summed E-state index contributed by atoms with van der Waals surface area (Å²) in [5, 5.41) is 0. The molecular formula is C24H38B2N2O2. The van der Waals surface area contributed by atoms with Gasteiger partial charge < -0.3 is 19.1 Å². The van der Waals surface area contributed by atoms with E-state index in [2.05, 4.69) is 38.1 Å². The first-order chi connectivity index (χ1) is 14.4. The number of rotatable bonds is 4. The first kappa shape index (κ1) is 23.8. The number of nitrogens with zero attached hydrogens (tertiary/aromatic N) is 2. The highest BCUT2D eigenvalue weighted by Crippen LogP contribution is 2.44. The molecule has 1 saturated heterocycles. The third kappa shape index (κ3) is 4.67. The normalized spacial score (nSPS) is 34.4. The largest absolute Gasteiger partial charge is 0.383 e. The van der Waals surface area contributed by atoms with Crippen LogP contribution in [-0.4, -0.2) is 71.6 Å². The van der Waals surface area contributed by atoms with Gasteiger partial charge in [-0.3, -0.25) is 0 Å². The highest BCUT2D eigenvalue weighted by atomic mass is 16.5. The van der Waals surface area contributed by atoms with E-state index in [-0.39, 0.29) is 11.1 Å². The molecule has 2 aliphatic heterocycles. The molecule has 30 heavy (non-hydrogen) atoms. The van der Waals surface area contributed by atoms with Crippen molar-refractivity contribution in [1.29, 1.82) is 0 Å². The van der Waals surface area contributed by atoms with Gasteiger partial charge in [0.25, 0.3) is 0 Å². The number of benzene rings is 1. The van der Waals surface area contributed by atoms with Crippen molar-refractivity contribution in [2.75, 3.05) is 40.5 Å². The molecule has 0 N–H and O–H groups in total. The summed E-state index contributed by atoms with van der Waals surface area (Å²) < 4.78 is 10.7. The summed E-state index contributed by atoms with van der Waals surface area (Å²) in [6, 6.07) is 8.47. The van der Waals surface area contributed by atoms with Crippen LogP contribution in [0.25, 0.3) is 0 Å². The monoisotopic (exact) mass is 408 g/mol. The van der Waals surface area contributed by atoms with Crippen LogP contribution in [0.15, 0.2) is 24.3 Å². The van der Waals surface area contributed by atoms with Gasteiger partial charge in [-0.2, -0.15) is 0 Å². The van der Waals surface area contributed by atoms with E-state index in [1.807, 2.05) is 9.62 Å². The van der Waals surface area contributed by atoms with Crippen LogP contribution in [0, 0.1) is 11.8 Å². The molecule has 1 aromatic carbocycles. The summed E-state index contributed by atoms with van der Waals surface area (Å²) in [4.78, 5) is 3.92. The maximum absolute atomic E-state index is 6.16. The minimum Gasteiger partial charge on any atom is -0.383 e. The van der Waals surface area contributed by atoms with Gasteiger partial charge in [-0.1, -0.05) is 43.5 Å². The number of methoxy groups -OCH3 is 2. The Hall–Kier alpha value is -0.810. The Morgan fingerprint density at radius 3 is 2.37 bits per heavy atom. The molecule has 4 radical (unpaired) electrons. The Kier molecular flexibility index (Phi) is 8.11. The fourth-order valence-corrected chi connectivity index (χ4v) is 5.98. The number of ether oxygens (including phenoxy) is 2. The summed E-state index contributed by atoms with van der Waals surface area (Å²) >= 11 is 0. The zero-order valence-corrected chi connectivity index (χ0v) is 19.4. The summed E-state index contributed by atoms with van der Waals surface area (Å²) in [5.74, 6) is 1.63. The van der Waals surface area contributed by atoms with Gasteiger partial charge >= 0.3 is 0 Å². The van der Waals surface area contributed by atoms with Crippen LogP contribution >= 0.6 is 0 Å². The van der Waals surface area contributed by atoms with Crippen molar-refractivity contribution in [3.63, 3.8) is 0 Å². The predicted molar refractivity (Wildman–Crippen MR) is 125 cm³/mol. The molecule has 0 spiro atoms. The zero-order valence-electron chi connectivity index (χ0n) is 19.4. The molecule has 1 saturated carbocycles. The topological polar surface area (TPSA) is 24.9 Å². The van der Waals surface area contributed by atoms with E-state index in [1.54, 1.807) is 14.2 Å². The van der Waals surface area contributed by atoms with Crippen LogP contribution in [0.5, 0.6) is 0 Å². The average Bonchev–Trinajstić information content (AvgIpc) is 2.75. The van der Waals surface area contributed by atoms with Gasteiger partial charge in [0.1, 0.15) is 0 Å². The van der Waals surface area contributed by atoms with Crippen LogP contribution in [0.3, 0.4) is 0 Å². The van der Waals surface area contributed by atoms with Crippen LogP contribution in [0.1, 0.15) is 57.1 Å². The van der Waals surface area contributed by atoms with E-state index >= 15 is 0 Å². The first-order valence-corrected chi connectivity index (χ1v) is 11.5. The lowest BCUT2D eigenvalue weighted by atomic mass is 9.64. The molecule has 4 nitrogen and oxygen atoms in total. The third-order valence-electron chi connectivity index (χ3n) is 7.82. The molecular weight excluding hydrogens is 370 g/mol. The molecule has 6 heteroatoms. The summed E-state index contributed by atoms with van der Waals surface area (Å²) in [5.41, 5.74) is 2.56. The number of hydrogen-bond donors (Lipinski definition) is 0. The lowest BCUT2D eigenvalue weighted by Crippen LogP contribution is -2.60. The van der Waals surface area contributed by atoms with Gasteiger partial charge in [0.15, 0.2) is 16.0 Å². The Balaban J connectivity index is 0.000000171. The predicted octanol–water partition coefficient (Wildman–Crippen LogP) is 3.48. The lowest BCUT2D eigenvalue weighted by Gasteiger charge is -2.54. The van der Waals surface area contributed by atoms with E-state index in [0.717, 1.165) is 38.0 Å². The summed E-state index contributed by atoms with van der Waals surface area (Å²) in [6.07, 6.45) is 7.81. The van der Waals surface area contributed by atoms with Crippen LogP contribution in [0.2, 0.25) is 0 Å². The number of hydrogen-bond acceptors (Lipinski definition) is 4. The van der Waals surface area contributed by atoms with E-state index in [4.69, 9.17) is 25.4 Å². The van der Waals surface area contributed by atoms with Crippen LogP contribution in [-0.2, 0) is 21.4 Å². The van der Waals surface area contributed by atoms with E-state index in [0.29, 0.717) is 6.61 Å². The summed E-state index contributed by atoms with van der Waals surface area (Å²) in [7, 11) is 15.7. The molecule has 1 aliphatic carbocycles. The second kappa shape index (κ2) is 10.2. The maximum Gasteiger partial charge on any atom is 0.183 e. The quantitative estimate of drug-likeness (QED) is 0.713. The van der Waals surface area contributed by atoms with Gasteiger partial charge in [-0.15, -0.1) is 0 Å². The van der Waals surface area contributed by atoms with Crippen molar-refractivity contribution in [3.8, 4) is 0 Å². The van der Waals surface area contributed by atoms with Crippen molar-refractivity contribution in [2.45, 2.75) is 63.5 Å². The molecule has 0 aromatic heterocycles. The highest BCUT2D eigenvalue weighted by Gasteiger charge is 2.45. The Bertz CT molecular complexity index is 691. The molecule has 0 amide bonds. The summed E-state index contributed by atoms with van der Waals surface area (Å²) in [6.45, 7) is 7.72. The Labute approximate surface area is 186 Å². The zero-order chi connectivity index (χ0) is 21.8. The van der Waals surface area contributed by atoms with Gasteiger partial charge in [0, 0.05) is 19.8 Å². The van der Waals surface area contributed by atoms with Crippen LogP contribution < -0.4 is 0 Å².